The summed E-state index contributed by atoms with van der Waals surface area (Å²) in [6.45, 7) is 1.75. The molecule has 0 heterocycles. The van der Waals surface area contributed by atoms with Gasteiger partial charge in [-0.05, 0) is 31.2 Å². The van der Waals surface area contributed by atoms with Crippen LogP contribution in [0.4, 0.5) is 4.39 Å². The largest absolute Gasteiger partial charge is 0.223 e. The Bertz CT molecular complexity index is 418. The lowest BCUT2D eigenvalue weighted by Gasteiger charge is -2.00. The van der Waals surface area contributed by atoms with Crippen molar-refractivity contribution in [2.75, 3.05) is 5.75 Å². The van der Waals surface area contributed by atoms with Gasteiger partial charge in [0.05, 0.1) is 10.6 Å². The molecule has 0 aromatic heterocycles. The van der Waals surface area contributed by atoms with Gasteiger partial charge in [-0.3, -0.25) is 0 Å². The predicted molar refractivity (Wildman–Crippen MR) is 53.3 cm³/mol. The summed E-state index contributed by atoms with van der Waals surface area (Å²) >= 11 is 0. The topological polar surface area (TPSA) is 34.1 Å². The van der Waals surface area contributed by atoms with Crippen LogP contribution in [0.2, 0.25) is 0 Å². The fraction of sp³-hybridized carbons (Fsp3) is 0.200. The number of hydrogen-bond donors (Lipinski definition) is 0. The molecule has 0 saturated heterocycles. The van der Waals surface area contributed by atoms with Crippen molar-refractivity contribution in [3.63, 3.8) is 0 Å². The average molecular weight is 214 g/mol. The second-order valence-electron chi connectivity index (χ2n) is 2.80. The molecule has 0 atom stereocenters. The average Bonchev–Trinajstić information content (AvgIpc) is 2.16. The number of benzene rings is 1. The summed E-state index contributed by atoms with van der Waals surface area (Å²) in [5.74, 6) is -0.482. The second-order valence-corrected chi connectivity index (χ2v) is 4.84. The van der Waals surface area contributed by atoms with E-state index in [-0.39, 0.29) is 10.6 Å². The first-order valence-electron chi connectivity index (χ1n) is 4.16. The van der Waals surface area contributed by atoms with E-state index >= 15 is 0 Å². The van der Waals surface area contributed by atoms with Gasteiger partial charge < -0.3 is 0 Å². The molecular weight excluding hydrogens is 203 g/mol. The molecule has 0 radical (unpaired) electrons. The molecule has 0 aliphatic heterocycles. The van der Waals surface area contributed by atoms with Crippen LogP contribution in [0.15, 0.2) is 41.3 Å². The van der Waals surface area contributed by atoms with E-state index in [0.29, 0.717) is 0 Å². The van der Waals surface area contributed by atoms with Crippen LogP contribution in [-0.2, 0) is 9.84 Å². The molecule has 0 saturated carbocycles. The minimum atomic E-state index is -3.29. The zero-order valence-corrected chi connectivity index (χ0v) is 8.59. The molecule has 0 aliphatic rings. The molecule has 14 heavy (non-hydrogen) atoms. The van der Waals surface area contributed by atoms with E-state index < -0.39 is 15.7 Å². The van der Waals surface area contributed by atoms with Gasteiger partial charge in [-0.15, -0.1) is 0 Å². The molecule has 4 heteroatoms. The number of halogens is 1. The van der Waals surface area contributed by atoms with E-state index in [1.54, 1.807) is 19.1 Å². The van der Waals surface area contributed by atoms with E-state index in [1.165, 1.54) is 12.1 Å². The molecule has 0 N–H and O–H groups in total. The number of allylic oxidation sites excluding steroid dienone is 1. The van der Waals surface area contributed by atoms with E-state index in [2.05, 4.69) is 0 Å². The maximum atomic E-state index is 12.5. The SMILES string of the molecule is CC=CCS(=O)(=O)c1ccc(F)cc1. The van der Waals surface area contributed by atoms with Gasteiger partial charge in [-0.2, -0.15) is 0 Å². The molecular formula is C10H11FO2S. The van der Waals surface area contributed by atoms with Crippen molar-refractivity contribution in [2.45, 2.75) is 11.8 Å². The van der Waals surface area contributed by atoms with Crippen molar-refractivity contribution in [3.8, 4) is 0 Å². The van der Waals surface area contributed by atoms with Crippen LogP contribution in [0.1, 0.15) is 6.92 Å². The molecule has 0 unspecified atom stereocenters. The Labute approximate surface area is 83.0 Å². The van der Waals surface area contributed by atoms with Gasteiger partial charge in [0.2, 0.25) is 0 Å². The highest BCUT2D eigenvalue weighted by Gasteiger charge is 2.11. The third-order valence-electron chi connectivity index (χ3n) is 1.72. The first-order valence-corrected chi connectivity index (χ1v) is 5.81. The summed E-state index contributed by atoms with van der Waals surface area (Å²) in [7, 11) is -3.29. The van der Waals surface area contributed by atoms with Crippen LogP contribution >= 0.6 is 0 Å². The van der Waals surface area contributed by atoms with Gasteiger partial charge in [-0.25, -0.2) is 12.8 Å². The summed E-state index contributed by atoms with van der Waals surface area (Å²) in [5, 5.41) is 0. The van der Waals surface area contributed by atoms with Gasteiger partial charge in [0.15, 0.2) is 9.84 Å². The van der Waals surface area contributed by atoms with Crippen molar-refractivity contribution in [1.82, 2.24) is 0 Å². The Morgan fingerprint density at radius 2 is 1.86 bits per heavy atom. The molecule has 1 rings (SSSR count). The van der Waals surface area contributed by atoms with E-state index in [4.69, 9.17) is 0 Å². The Morgan fingerprint density at radius 1 is 1.29 bits per heavy atom. The van der Waals surface area contributed by atoms with Crippen LogP contribution in [0.3, 0.4) is 0 Å². The van der Waals surface area contributed by atoms with E-state index in [9.17, 15) is 12.8 Å². The Balaban J connectivity index is 2.99. The van der Waals surface area contributed by atoms with Crippen LogP contribution in [0.5, 0.6) is 0 Å². The lowest BCUT2D eigenvalue weighted by molar-refractivity contribution is 0.597. The smallest absolute Gasteiger partial charge is 0.181 e. The normalized spacial score (nSPS) is 12.1. The lowest BCUT2D eigenvalue weighted by atomic mass is 10.4. The number of sulfone groups is 1. The molecule has 2 nitrogen and oxygen atoms in total. The minimum absolute atomic E-state index is 0.0465. The summed E-state index contributed by atoms with van der Waals surface area (Å²) in [6.07, 6.45) is 3.22. The van der Waals surface area contributed by atoms with Crippen molar-refractivity contribution in [1.29, 1.82) is 0 Å². The lowest BCUT2D eigenvalue weighted by Crippen LogP contribution is -2.04. The first-order chi connectivity index (χ1) is 6.56. The molecule has 0 aliphatic carbocycles. The first kappa shape index (κ1) is 10.9. The highest BCUT2D eigenvalue weighted by Crippen LogP contribution is 2.11. The molecule has 1 aromatic carbocycles. The van der Waals surface area contributed by atoms with E-state index in [0.717, 1.165) is 12.1 Å². The summed E-state index contributed by atoms with van der Waals surface area (Å²) < 4.78 is 35.6. The van der Waals surface area contributed by atoms with Crippen LogP contribution in [0, 0.1) is 5.82 Å². The van der Waals surface area contributed by atoms with Gasteiger partial charge in [0.1, 0.15) is 5.82 Å². The highest BCUT2D eigenvalue weighted by molar-refractivity contribution is 7.91. The zero-order valence-electron chi connectivity index (χ0n) is 7.77. The maximum Gasteiger partial charge on any atom is 0.181 e. The second kappa shape index (κ2) is 4.37. The molecule has 1 aromatic rings. The van der Waals surface area contributed by atoms with Crippen LogP contribution < -0.4 is 0 Å². The van der Waals surface area contributed by atoms with Gasteiger partial charge in [0.25, 0.3) is 0 Å². The maximum absolute atomic E-state index is 12.5. The number of rotatable bonds is 3. The Kier molecular flexibility index (Phi) is 3.41. The third kappa shape index (κ3) is 2.67. The predicted octanol–water partition coefficient (Wildman–Crippen LogP) is 2.18. The molecule has 76 valence electrons. The quantitative estimate of drug-likeness (QED) is 0.571. The molecule has 0 spiro atoms. The fourth-order valence-corrected chi connectivity index (χ4v) is 2.15. The molecule has 0 fully saturated rings. The van der Waals surface area contributed by atoms with Crippen molar-refractivity contribution < 1.29 is 12.8 Å². The summed E-state index contributed by atoms with van der Waals surface area (Å²) in [4.78, 5) is 0.150. The fourth-order valence-electron chi connectivity index (χ4n) is 0.961. The van der Waals surface area contributed by atoms with Crippen LogP contribution in [-0.4, -0.2) is 14.2 Å². The molecule has 0 bridgehead atoms. The Morgan fingerprint density at radius 3 is 2.36 bits per heavy atom. The molecule has 0 amide bonds. The third-order valence-corrected chi connectivity index (χ3v) is 3.35. The standard InChI is InChI=1S/C10H11FO2S/c1-2-3-8-14(12,13)10-6-4-9(11)5-7-10/h2-7H,8H2,1H3. The van der Waals surface area contributed by atoms with E-state index in [1.807, 2.05) is 0 Å². The summed E-state index contributed by atoms with van der Waals surface area (Å²) in [6, 6.07) is 4.83. The highest BCUT2D eigenvalue weighted by atomic mass is 32.2. The van der Waals surface area contributed by atoms with Gasteiger partial charge in [0, 0.05) is 0 Å². The Hall–Kier alpha value is -1.16. The minimum Gasteiger partial charge on any atom is -0.223 e. The zero-order chi connectivity index (χ0) is 10.6. The van der Waals surface area contributed by atoms with Crippen LogP contribution in [0.25, 0.3) is 0 Å². The van der Waals surface area contributed by atoms with Crippen molar-refractivity contribution in [2.24, 2.45) is 0 Å². The van der Waals surface area contributed by atoms with Gasteiger partial charge in [-0.1, -0.05) is 12.2 Å². The summed E-state index contributed by atoms with van der Waals surface area (Å²) in [5.41, 5.74) is 0. The number of hydrogen-bond acceptors (Lipinski definition) is 2. The van der Waals surface area contributed by atoms with Gasteiger partial charge >= 0.3 is 0 Å². The van der Waals surface area contributed by atoms with Crippen molar-refractivity contribution >= 4 is 9.84 Å². The van der Waals surface area contributed by atoms with Crippen molar-refractivity contribution in [3.05, 3.63) is 42.2 Å². The monoisotopic (exact) mass is 214 g/mol.